The zero-order chi connectivity index (χ0) is 32.9. The number of morpholine rings is 1. The van der Waals surface area contributed by atoms with Crippen LogP contribution in [-0.2, 0) is 30.2 Å². The van der Waals surface area contributed by atoms with E-state index in [0.717, 1.165) is 36.5 Å². The van der Waals surface area contributed by atoms with E-state index < -0.39 is 41.4 Å². The second-order valence-corrected chi connectivity index (χ2v) is 13.5. The highest BCUT2D eigenvalue weighted by Gasteiger charge is 2.38. The van der Waals surface area contributed by atoms with Crippen LogP contribution in [0.4, 0.5) is 14.9 Å². The number of hydrogen-bond acceptors (Lipinski definition) is 7. The molecule has 10 heteroatoms. The molecule has 0 aliphatic carbocycles. The minimum atomic E-state index is -1.83. The lowest BCUT2D eigenvalue weighted by atomic mass is 10.00. The van der Waals surface area contributed by atoms with Crippen molar-refractivity contribution in [2.45, 2.75) is 135 Å². The maximum atomic E-state index is 14.6. The SMILES string of the molecule is CCCCCCCCCC1CN(c2ccc(C[C@@H](OC(=O)[C@H](CC(C)(C)F)N(C)C(=O)OC(C)(C)C)C(=O)O)cc2)CCO1. The van der Waals surface area contributed by atoms with Crippen LogP contribution < -0.4 is 4.90 Å². The molecule has 9 nitrogen and oxygen atoms in total. The molecule has 1 aromatic carbocycles. The van der Waals surface area contributed by atoms with Gasteiger partial charge in [-0.25, -0.2) is 18.8 Å². The minimum Gasteiger partial charge on any atom is -0.478 e. The quantitative estimate of drug-likeness (QED) is 0.147. The number of ether oxygens (including phenoxy) is 3. The van der Waals surface area contributed by atoms with Gasteiger partial charge in [0, 0.05) is 38.7 Å². The standard InChI is InChI=1S/C34H55FN2O7/c1-8-9-10-11-12-13-14-15-27-24-37(20-21-42-27)26-18-16-25(17-19-26)22-29(30(38)39)43-31(40)28(23-34(5,6)35)36(7)32(41)44-33(2,3)4/h16-19,27-29H,8-15,20-24H2,1-7H3,(H,38,39)/t27?,28-,29+/m0/s1. The highest BCUT2D eigenvalue weighted by Crippen LogP contribution is 2.24. The molecule has 2 rings (SSSR count). The molecule has 1 heterocycles. The molecule has 1 N–H and O–H groups in total. The molecule has 1 aromatic rings. The first-order valence-corrected chi connectivity index (χ1v) is 16.1. The van der Waals surface area contributed by atoms with Gasteiger partial charge in [-0.15, -0.1) is 0 Å². The van der Waals surface area contributed by atoms with Crippen molar-refractivity contribution in [2.75, 3.05) is 31.6 Å². The zero-order valence-corrected chi connectivity index (χ0v) is 27.9. The van der Waals surface area contributed by atoms with Crippen molar-refractivity contribution in [3.63, 3.8) is 0 Å². The number of alkyl halides is 1. The van der Waals surface area contributed by atoms with Gasteiger partial charge in [0.2, 0.25) is 6.10 Å². The average molecular weight is 623 g/mol. The Kier molecular flexibility index (Phi) is 14.9. The van der Waals surface area contributed by atoms with Crippen molar-refractivity contribution in [1.29, 1.82) is 0 Å². The maximum Gasteiger partial charge on any atom is 0.410 e. The predicted molar refractivity (Wildman–Crippen MR) is 170 cm³/mol. The highest BCUT2D eigenvalue weighted by molar-refractivity contribution is 5.84. The molecule has 0 spiro atoms. The van der Waals surface area contributed by atoms with Crippen molar-refractivity contribution < 1.29 is 38.1 Å². The van der Waals surface area contributed by atoms with Gasteiger partial charge in [-0.1, -0.05) is 64.0 Å². The predicted octanol–water partition coefficient (Wildman–Crippen LogP) is 6.95. The van der Waals surface area contributed by atoms with E-state index in [2.05, 4.69) is 11.8 Å². The lowest BCUT2D eigenvalue weighted by molar-refractivity contribution is -0.168. The largest absolute Gasteiger partial charge is 0.478 e. The van der Waals surface area contributed by atoms with E-state index in [0.29, 0.717) is 12.2 Å². The molecular weight excluding hydrogens is 567 g/mol. The number of amides is 1. The first kappa shape index (κ1) is 37.3. The summed E-state index contributed by atoms with van der Waals surface area (Å²) in [4.78, 5) is 41.1. The van der Waals surface area contributed by atoms with Gasteiger partial charge in [-0.05, 0) is 58.7 Å². The molecule has 250 valence electrons. The smallest absolute Gasteiger partial charge is 0.410 e. The molecule has 44 heavy (non-hydrogen) atoms. The first-order valence-electron chi connectivity index (χ1n) is 16.1. The summed E-state index contributed by atoms with van der Waals surface area (Å²) in [5.41, 5.74) is -0.975. The lowest BCUT2D eigenvalue weighted by Crippen LogP contribution is -2.49. The summed E-state index contributed by atoms with van der Waals surface area (Å²) in [6.45, 7) is 12.0. The Hall–Kier alpha value is -2.88. The zero-order valence-electron chi connectivity index (χ0n) is 27.9. The van der Waals surface area contributed by atoms with E-state index >= 15 is 0 Å². The second-order valence-electron chi connectivity index (χ2n) is 13.5. The monoisotopic (exact) mass is 622 g/mol. The van der Waals surface area contributed by atoms with Crippen LogP contribution in [0.25, 0.3) is 0 Å². The summed E-state index contributed by atoms with van der Waals surface area (Å²) in [6, 6.07) is 6.17. The van der Waals surface area contributed by atoms with Crippen LogP contribution in [0, 0.1) is 0 Å². The van der Waals surface area contributed by atoms with E-state index in [-0.39, 0.29) is 18.9 Å². The molecule has 0 bridgehead atoms. The fraction of sp³-hybridized carbons (Fsp3) is 0.735. The van der Waals surface area contributed by atoms with Gasteiger partial charge < -0.3 is 24.2 Å². The van der Waals surface area contributed by atoms with Gasteiger partial charge in [0.25, 0.3) is 0 Å². The number of likely N-dealkylation sites (N-methyl/N-ethyl adjacent to an activating group) is 1. The molecule has 1 aliphatic rings. The number of carbonyl (C=O) groups is 3. The number of carbonyl (C=O) groups excluding carboxylic acids is 2. The number of aliphatic carboxylic acids is 1. The number of halogens is 1. The van der Waals surface area contributed by atoms with Crippen molar-refractivity contribution in [3.05, 3.63) is 29.8 Å². The van der Waals surface area contributed by atoms with Gasteiger partial charge >= 0.3 is 18.0 Å². The molecule has 1 aliphatic heterocycles. The lowest BCUT2D eigenvalue weighted by Gasteiger charge is -2.34. The Morgan fingerprint density at radius 2 is 1.66 bits per heavy atom. The maximum absolute atomic E-state index is 14.6. The molecule has 1 fully saturated rings. The third-order valence-corrected chi connectivity index (χ3v) is 7.62. The Balaban J connectivity index is 1.99. The van der Waals surface area contributed by atoms with Crippen LogP contribution in [-0.4, -0.2) is 84.3 Å². The van der Waals surface area contributed by atoms with E-state index in [1.165, 1.54) is 59.4 Å². The van der Waals surface area contributed by atoms with Crippen LogP contribution in [0.2, 0.25) is 0 Å². The topological polar surface area (TPSA) is 106 Å². The van der Waals surface area contributed by atoms with E-state index in [4.69, 9.17) is 14.2 Å². The number of esters is 1. The number of carboxylic acids is 1. The van der Waals surface area contributed by atoms with Gasteiger partial charge in [0.05, 0.1) is 12.7 Å². The first-order chi connectivity index (χ1) is 20.6. The normalized spacial score (nSPS) is 17.1. The second kappa shape index (κ2) is 17.6. The molecule has 0 aromatic heterocycles. The molecule has 1 amide bonds. The number of unbranched alkanes of at least 4 members (excludes halogenated alkanes) is 6. The van der Waals surface area contributed by atoms with Crippen molar-refractivity contribution >= 4 is 23.7 Å². The van der Waals surface area contributed by atoms with Crippen molar-refractivity contribution in [2.24, 2.45) is 0 Å². The number of rotatable bonds is 17. The van der Waals surface area contributed by atoms with Crippen LogP contribution in [0.15, 0.2) is 24.3 Å². The average Bonchev–Trinajstić information content (AvgIpc) is 2.93. The van der Waals surface area contributed by atoms with Gasteiger partial charge in [-0.3, -0.25) is 4.90 Å². The van der Waals surface area contributed by atoms with Crippen molar-refractivity contribution in [3.8, 4) is 0 Å². The van der Waals surface area contributed by atoms with Crippen molar-refractivity contribution in [1.82, 2.24) is 4.90 Å². The fourth-order valence-electron chi connectivity index (χ4n) is 5.21. The Morgan fingerprint density at radius 3 is 2.23 bits per heavy atom. The molecule has 3 atom stereocenters. The number of benzene rings is 1. The van der Waals surface area contributed by atoms with Crippen LogP contribution >= 0.6 is 0 Å². The molecule has 0 radical (unpaired) electrons. The summed E-state index contributed by atoms with van der Waals surface area (Å²) in [5.74, 6) is -2.34. The van der Waals surface area contributed by atoms with E-state index in [1.54, 1.807) is 20.8 Å². The molecule has 0 saturated carbocycles. The highest BCUT2D eigenvalue weighted by atomic mass is 19.1. The number of carboxylic acid groups (broad SMARTS) is 1. The van der Waals surface area contributed by atoms with Gasteiger partial charge in [-0.2, -0.15) is 0 Å². The molecule has 1 unspecified atom stereocenters. The number of hydrogen-bond donors (Lipinski definition) is 1. The Bertz CT molecular complexity index is 1040. The minimum absolute atomic E-state index is 0.0762. The van der Waals surface area contributed by atoms with Gasteiger partial charge in [0.1, 0.15) is 17.3 Å². The summed E-state index contributed by atoms with van der Waals surface area (Å²) in [5, 5.41) is 9.85. The Morgan fingerprint density at radius 1 is 1.05 bits per heavy atom. The van der Waals surface area contributed by atoms with Gasteiger partial charge in [0.15, 0.2) is 0 Å². The molecular formula is C34H55FN2O7. The van der Waals surface area contributed by atoms with E-state index in [9.17, 15) is 23.9 Å². The summed E-state index contributed by atoms with van der Waals surface area (Å²) in [6.07, 6.45) is 7.29. The van der Waals surface area contributed by atoms with E-state index in [1.807, 2.05) is 24.3 Å². The summed E-state index contributed by atoms with van der Waals surface area (Å²) < 4.78 is 31.4. The van der Waals surface area contributed by atoms with Crippen LogP contribution in [0.5, 0.6) is 0 Å². The fourth-order valence-corrected chi connectivity index (χ4v) is 5.21. The van der Waals surface area contributed by atoms with Crippen LogP contribution in [0.3, 0.4) is 0 Å². The third-order valence-electron chi connectivity index (χ3n) is 7.62. The number of nitrogens with zero attached hydrogens (tertiary/aromatic N) is 2. The number of anilines is 1. The molecule has 1 saturated heterocycles. The Labute approximate surface area is 263 Å². The van der Waals surface area contributed by atoms with Crippen LogP contribution in [0.1, 0.15) is 105 Å². The third kappa shape index (κ3) is 13.8. The summed E-state index contributed by atoms with van der Waals surface area (Å²) in [7, 11) is 1.31. The summed E-state index contributed by atoms with van der Waals surface area (Å²) >= 11 is 0.